The topological polar surface area (TPSA) is 146 Å². The van der Waals surface area contributed by atoms with Crippen molar-refractivity contribution >= 4 is 23.7 Å². The van der Waals surface area contributed by atoms with Crippen molar-refractivity contribution < 1.29 is 48.3 Å². The zero-order valence-electron chi connectivity index (χ0n) is 24.3. The van der Waals surface area contributed by atoms with E-state index in [4.69, 9.17) is 18.9 Å². The van der Waals surface area contributed by atoms with Gasteiger partial charge in [-0.15, -0.1) is 0 Å². The molecule has 0 radical (unpaired) electrons. The van der Waals surface area contributed by atoms with E-state index in [2.05, 4.69) is 0 Å². The van der Waals surface area contributed by atoms with Gasteiger partial charge >= 0.3 is 17.9 Å². The van der Waals surface area contributed by atoms with Crippen LogP contribution < -0.4 is 0 Å². The van der Waals surface area contributed by atoms with Crippen molar-refractivity contribution in [1.82, 2.24) is 0 Å². The second-order valence-corrected chi connectivity index (χ2v) is 12.6. The van der Waals surface area contributed by atoms with Crippen LogP contribution in [-0.4, -0.2) is 76.1 Å². The number of aliphatic hydroxyl groups excluding tert-OH is 1. The molecule has 5 rings (SSSR count). The Morgan fingerprint density at radius 1 is 1.02 bits per heavy atom. The number of hydrogen-bond donors (Lipinski definition) is 2. The molecule has 1 aromatic carbocycles. The minimum atomic E-state index is -1.83. The number of Topliss-reactive ketones (excluding diaryl/α,β-unsaturated/α-hetero) is 1. The average molecular weight is 571 g/mol. The second-order valence-electron chi connectivity index (χ2n) is 12.6. The number of hydrogen-bond acceptors (Lipinski definition) is 10. The Kier molecular flexibility index (Phi) is 6.99. The van der Waals surface area contributed by atoms with Gasteiger partial charge in [-0.2, -0.15) is 0 Å². The molecule has 1 aliphatic heterocycles. The van der Waals surface area contributed by atoms with Crippen LogP contribution in [-0.2, 0) is 33.3 Å². The normalized spacial score (nSPS) is 39.2. The molecule has 2 saturated carbocycles. The Labute approximate surface area is 239 Å². The largest absolute Gasteiger partial charge is 0.455 e. The summed E-state index contributed by atoms with van der Waals surface area (Å²) in [5, 5.41) is 24.5. The van der Waals surface area contributed by atoms with Crippen molar-refractivity contribution in [3.05, 3.63) is 47.0 Å². The van der Waals surface area contributed by atoms with E-state index in [9.17, 15) is 29.4 Å². The number of esters is 3. The molecule has 8 atom stereocenters. The van der Waals surface area contributed by atoms with Gasteiger partial charge < -0.3 is 29.2 Å². The molecule has 4 aliphatic rings. The zero-order chi connectivity index (χ0) is 30.1. The highest BCUT2D eigenvalue weighted by atomic mass is 16.6. The lowest BCUT2D eigenvalue weighted by Crippen LogP contribution is -2.81. The molecule has 2 bridgehead atoms. The van der Waals surface area contributed by atoms with Gasteiger partial charge in [0.1, 0.15) is 17.8 Å². The van der Waals surface area contributed by atoms with Crippen LogP contribution in [0.2, 0.25) is 0 Å². The maximum absolute atomic E-state index is 14.8. The van der Waals surface area contributed by atoms with Crippen molar-refractivity contribution in [3.8, 4) is 0 Å². The van der Waals surface area contributed by atoms with Crippen molar-refractivity contribution in [2.75, 3.05) is 6.61 Å². The van der Waals surface area contributed by atoms with Crippen LogP contribution in [0.4, 0.5) is 0 Å². The van der Waals surface area contributed by atoms with Crippen LogP contribution >= 0.6 is 0 Å². The Morgan fingerprint density at radius 3 is 2.24 bits per heavy atom. The number of rotatable bonds is 4. The quantitative estimate of drug-likeness (QED) is 0.315. The van der Waals surface area contributed by atoms with Gasteiger partial charge in [0.2, 0.25) is 0 Å². The van der Waals surface area contributed by atoms with Crippen LogP contribution in [0.25, 0.3) is 0 Å². The van der Waals surface area contributed by atoms with Gasteiger partial charge in [0, 0.05) is 25.7 Å². The monoisotopic (exact) mass is 570 g/mol. The Morgan fingerprint density at radius 2 is 1.68 bits per heavy atom. The third-order valence-corrected chi connectivity index (χ3v) is 10.1. The first-order chi connectivity index (χ1) is 19.1. The van der Waals surface area contributed by atoms with Gasteiger partial charge in [-0.1, -0.05) is 37.6 Å². The maximum atomic E-state index is 14.8. The number of allylic oxidation sites excluding steroid dienone is 1. The second kappa shape index (κ2) is 9.74. The van der Waals surface area contributed by atoms with Gasteiger partial charge in [0.05, 0.1) is 29.6 Å². The highest BCUT2D eigenvalue weighted by Gasteiger charge is 2.77. The number of carbonyl (C=O) groups is 4. The van der Waals surface area contributed by atoms with E-state index in [0.717, 1.165) is 5.57 Å². The first-order valence-electron chi connectivity index (χ1n) is 14.0. The summed E-state index contributed by atoms with van der Waals surface area (Å²) in [5.74, 6) is -3.96. The van der Waals surface area contributed by atoms with Crippen molar-refractivity contribution in [1.29, 1.82) is 0 Å². The van der Waals surface area contributed by atoms with E-state index in [0.29, 0.717) is 12.0 Å². The highest BCUT2D eigenvalue weighted by molar-refractivity contribution is 5.95. The Hall–Kier alpha value is -3.08. The molecule has 3 fully saturated rings. The number of ketones is 1. The predicted octanol–water partition coefficient (Wildman–Crippen LogP) is 2.68. The first kappa shape index (κ1) is 29.4. The lowest BCUT2D eigenvalue weighted by molar-refractivity contribution is -0.345. The SMILES string of the molecule is CC(=O)O[C@H]1C(=O)[C@@]2(C)[C@H]([C@H](OC(=O)c3ccccc3)[C@]3(O)CCC(C)=C1C3(C)C)[C@]1(OC(C)=O)CO[C@@H]1C[C@@H]2O. The third kappa shape index (κ3) is 4.09. The van der Waals surface area contributed by atoms with Crippen molar-refractivity contribution in [2.45, 2.75) is 96.4 Å². The summed E-state index contributed by atoms with van der Waals surface area (Å²) >= 11 is 0. The summed E-state index contributed by atoms with van der Waals surface area (Å²) in [4.78, 5) is 53.4. The van der Waals surface area contributed by atoms with Crippen LogP contribution in [0.3, 0.4) is 0 Å². The van der Waals surface area contributed by atoms with Crippen LogP contribution in [0, 0.1) is 16.7 Å². The fourth-order valence-corrected chi connectivity index (χ4v) is 7.93. The summed E-state index contributed by atoms with van der Waals surface area (Å²) in [7, 11) is 0. The summed E-state index contributed by atoms with van der Waals surface area (Å²) in [6, 6.07) is 8.25. The smallest absolute Gasteiger partial charge is 0.338 e. The van der Waals surface area contributed by atoms with Gasteiger partial charge in [-0.25, -0.2) is 4.79 Å². The van der Waals surface area contributed by atoms with Crippen molar-refractivity contribution in [3.63, 3.8) is 0 Å². The summed E-state index contributed by atoms with van der Waals surface area (Å²) in [5.41, 5.74) is -4.98. The molecule has 1 saturated heterocycles. The molecule has 0 spiro atoms. The minimum Gasteiger partial charge on any atom is -0.455 e. The van der Waals surface area contributed by atoms with E-state index in [1.807, 2.05) is 6.92 Å². The van der Waals surface area contributed by atoms with Gasteiger partial charge in [-0.3, -0.25) is 14.4 Å². The van der Waals surface area contributed by atoms with Gasteiger partial charge in [-0.05, 0) is 44.4 Å². The van der Waals surface area contributed by atoms with Crippen LogP contribution in [0.5, 0.6) is 0 Å². The third-order valence-electron chi connectivity index (χ3n) is 10.1. The van der Waals surface area contributed by atoms with Gasteiger partial charge in [0.15, 0.2) is 17.5 Å². The van der Waals surface area contributed by atoms with E-state index in [1.165, 1.54) is 20.8 Å². The minimum absolute atomic E-state index is 0.0575. The summed E-state index contributed by atoms with van der Waals surface area (Å²) < 4.78 is 23.7. The van der Waals surface area contributed by atoms with E-state index >= 15 is 0 Å². The molecule has 3 aliphatic carbocycles. The molecule has 2 N–H and O–H groups in total. The van der Waals surface area contributed by atoms with E-state index < -0.39 is 76.1 Å². The molecular weight excluding hydrogens is 532 g/mol. The molecule has 0 unspecified atom stereocenters. The lowest BCUT2D eigenvalue weighted by Gasteiger charge is -2.67. The first-order valence-corrected chi connectivity index (χ1v) is 14.0. The van der Waals surface area contributed by atoms with Crippen LogP contribution in [0.15, 0.2) is 41.5 Å². The molecule has 10 nitrogen and oxygen atoms in total. The zero-order valence-corrected chi connectivity index (χ0v) is 24.3. The summed E-state index contributed by atoms with van der Waals surface area (Å²) in [6.45, 7) is 9.08. The number of carbonyl (C=O) groups excluding carboxylic acids is 4. The summed E-state index contributed by atoms with van der Waals surface area (Å²) in [6.07, 6.45) is -4.63. The Bertz CT molecular complexity index is 1320. The number of ether oxygens (including phenoxy) is 4. The number of aliphatic hydroxyl groups is 2. The standard InChI is InChI=1S/C31H38O10/c1-16-12-13-31(37)26(40-27(36)19-10-8-7-9-11-19)24-29(6,20(34)14-21-30(24,15-38-21)41-18(3)33)25(35)23(39-17(2)32)22(16)28(31,4)5/h7-11,20-21,23-24,26,34,37H,12-15H2,1-6H3/t20-,21+,23+,24-,26-,29+,30-,31+/m0/s1. The Balaban J connectivity index is 1.81. The van der Waals surface area contributed by atoms with Gasteiger partial charge in [0.25, 0.3) is 0 Å². The molecule has 0 amide bonds. The molecule has 1 aromatic rings. The average Bonchev–Trinajstić information content (AvgIpc) is 2.89. The number of benzene rings is 1. The molecule has 1 heterocycles. The number of fused-ring (bicyclic) bond motifs is 5. The van der Waals surface area contributed by atoms with E-state index in [-0.39, 0.29) is 25.0 Å². The predicted molar refractivity (Wildman–Crippen MR) is 143 cm³/mol. The fourth-order valence-electron chi connectivity index (χ4n) is 7.93. The maximum Gasteiger partial charge on any atom is 0.338 e. The fraction of sp³-hybridized carbons (Fsp3) is 0.613. The highest BCUT2D eigenvalue weighted by Crippen LogP contribution is 2.64. The molecule has 10 heteroatoms. The molecular formula is C31H38O10. The van der Waals surface area contributed by atoms with E-state index in [1.54, 1.807) is 44.2 Å². The molecule has 41 heavy (non-hydrogen) atoms. The van der Waals surface area contributed by atoms with Crippen LogP contribution in [0.1, 0.15) is 71.2 Å². The molecule has 222 valence electrons. The molecule has 0 aromatic heterocycles. The van der Waals surface area contributed by atoms with Crippen molar-refractivity contribution in [2.24, 2.45) is 16.7 Å². The lowest BCUT2D eigenvalue weighted by atomic mass is 9.45.